The molecule has 16 heavy (non-hydrogen) atoms. The molecular weight excluding hydrogens is 200 g/mol. The number of H-pyrrole nitrogens is 1. The van der Waals surface area contributed by atoms with Gasteiger partial charge in [-0.05, 0) is 43.7 Å². The fourth-order valence-electron chi connectivity index (χ4n) is 3.36. The van der Waals surface area contributed by atoms with Crippen LogP contribution < -0.4 is 0 Å². The van der Waals surface area contributed by atoms with Crippen LogP contribution in [0.15, 0.2) is 11.8 Å². The van der Waals surface area contributed by atoms with Gasteiger partial charge in [0.1, 0.15) is 0 Å². The number of nitrogens with one attached hydrogen (secondary N) is 1. The Bertz CT molecular complexity index is 435. The van der Waals surface area contributed by atoms with Gasteiger partial charge in [-0.2, -0.15) is 5.10 Å². The molecule has 2 aliphatic carbocycles. The lowest BCUT2D eigenvalue weighted by Gasteiger charge is -2.45. The van der Waals surface area contributed by atoms with Gasteiger partial charge < -0.3 is 5.11 Å². The second-order valence-corrected chi connectivity index (χ2v) is 5.07. The molecule has 3 rings (SSSR count). The Morgan fingerprint density at radius 3 is 3.31 bits per heavy atom. The van der Waals surface area contributed by atoms with Crippen molar-refractivity contribution in [3.63, 3.8) is 0 Å². The molecule has 1 aromatic heterocycles. The molecule has 0 aromatic carbocycles. The highest BCUT2D eigenvalue weighted by Crippen LogP contribution is 2.49. The molecule has 0 aliphatic heterocycles. The number of aromatic amines is 1. The second kappa shape index (κ2) is 3.45. The molecule has 0 bridgehead atoms. The number of hydrogen-bond donors (Lipinski definition) is 2. The Morgan fingerprint density at radius 2 is 2.50 bits per heavy atom. The molecule has 2 atom stereocenters. The predicted molar refractivity (Wildman–Crippen MR) is 62.9 cm³/mol. The van der Waals surface area contributed by atoms with Crippen molar-refractivity contribution in [3.05, 3.63) is 23.0 Å². The van der Waals surface area contributed by atoms with Crippen LogP contribution in [0.25, 0.3) is 6.08 Å². The van der Waals surface area contributed by atoms with Crippen molar-refractivity contribution in [2.24, 2.45) is 5.41 Å². The summed E-state index contributed by atoms with van der Waals surface area (Å²) in [5.74, 6) is 0. The minimum Gasteiger partial charge on any atom is -0.392 e. The number of aromatic nitrogens is 2. The van der Waals surface area contributed by atoms with Gasteiger partial charge in [-0.3, -0.25) is 5.10 Å². The van der Waals surface area contributed by atoms with Crippen LogP contribution >= 0.6 is 0 Å². The SMILES string of the molecule is CC[C@]12Cc3cn[nH]c3C=C1CCCC2O. The van der Waals surface area contributed by atoms with Crippen molar-refractivity contribution in [1.29, 1.82) is 0 Å². The minimum absolute atomic E-state index is 0.00484. The van der Waals surface area contributed by atoms with Crippen molar-refractivity contribution < 1.29 is 5.11 Å². The normalized spacial score (nSPS) is 32.9. The summed E-state index contributed by atoms with van der Waals surface area (Å²) in [6.45, 7) is 2.19. The average molecular weight is 218 g/mol. The van der Waals surface area contributed by atoms with E-state index in [0.29, 0.717) is 0 Å². The monoisotopic (exact) mass is 218 g/mol. The maximum absolute atomic E-state index is 10.3. The lowest BCUT2D eigenvalue weighted by atomic mass is 9.61. The predicted octanol–water partition coefficient (Wildman–Crippen LogP) is 2.29. The van der Waals surface area contributed by atoms with Gasteiger partial charge in [0.15, 0.2) is 0 Å². The maximum atomic E-state index is 10.3. The lowest BCUT2D eigenvalue weighted by molar-refractivity contribution is 0.0216. The topological polar surface area (TPSA) is 48.9 Å². The number of rotatable bonds is 1. The summed E-state index contributed by atoms with van der Waals surface area (Å²) in [6.07, 6.45) is 9.09. The van der Waals surface area contributed by atoms with E-state index in [4.69, 9.17) is 0 Å². The summed E-state index contributed by atoms with van der Waals surface area (Å²) in [5, 5.41) is 17.5. The Balaban J connectivity index is 2.10. The number of hydrogen-bond acceptors (Lipinski definition) is 2. The van der Waals surface area contributed by atoms with Gasteiger partial charge in [0.05, 0.1) is 18.0 Å². The van der Waals surface area contributed by atoms with E-state index in [-0.39, 0.29) is 11.5 Å². The third-order valence-corrected chi connectivity index (χ3v) is 4.41. The summed E-state index contributed by atoms with van der Waals surface area (Å²) in [7, 11) is 0. The highest BCUT2D eigenvalue weighted by atomic mass is 16.3. The number of fused-ring (bicyclic) bond motifs is 2. The van der Waals surface area contributed by atoms with Crippen LogP contribution in [0.1, 0.15) is 43.9 Å². The van der Waals surface area contributed by atoms with Crippen LogP contribution in [-0.4, -0.2) is 21.4 Å². The summed E-state index contributed by atoms with van der Waals surface area (Å²) in [6, 6.07) is 0. The highest BCUT2D eigenvalue weighted by Gasteiger charge is 2.44. The van der Waals surface area contributed by atoms with E-state index in [0.717, 1.165) is 37.8 Å². The fraction of sp³-hybridized carbons (Fsp3) is 0.615. The van der Waals surface area contributed by atoms with Crippen molar-refractivity contribution in [2.45, 2.75) is 45.1 Å². The first-order chi connectivity index (χ1) is 7.76. The van der Waals surface area contributed by atoms with Gasteiger partial charge in [0, 0.05) is 5.41 Å². The number of aliphatic hydroxyl groups excluding tert-OH is 1. The highest BCUT2D eigenvalue weighted by molar-refractivity contribution is 5.58. The van der Waals surface area contributed by atoms with Gasteiger partial charge in [-0.25, -0.2) is 0 Å². The Labute approximate surface area is 95.6 Å². The van der Waals surface area contributed by atoms with E-state index in [1.165, 1.54) is 11.1 Å². The molecule has 0 radical (unpaired) electrons. The van der Waals surface area contributed by atoms with E-state index >= 15 is 0 Å². The Morgan fingerprint density at radius 1 is 1.62 bits per heavy atom. The van der Waals surface area contributed by atoms with Crippen molar-refractivity contribution >= 4 is 6.08 Å². The summed E-state index contributed by atoms with van der Waals surface area (Å²) in [5.41, 5.74) is 3.82. The quantitative estimate of drug-likeness (QED) is 0.759. The van der Waals surface area contributed by atoms with Crippen LogP contribution in [0.3, 0.4) is 0 Å². The molecule has 1 heterocycles. The van der Waals surface area contributed by atoms with Crippen LogP contribution in [0, 0.1) is 5.41 Å². The maximum Gasteiger partial charge on any atom is 0.0636 e. The smallest absolute Gasteiger partial charge is 0.0636 e. The first kappa shape index (κ1) is 10.1. The molecule has 0 spiro atoms. The zero-order valence-corrected chi connectivity index (χ0v) is 9.66. The molecule has 86 valence electrons. The summed E-state index contributed by atoms with van der Waals surface area (Å²) >= 11 is 0. The van der Waals surface area contributed by atoms with Crippen LogP contribution in [0.5, 0.6) is 0 Å². The summed E-state index contributed by atoms with van der Waals surface area (Å²) < 4.78 is 0. The first-order valence-corrected chi connectivity index (χ1v) is 6.17. The van der Waals surface area contributed by atoms with Gasteiger partial charge in [0.25, 0.3) is 0 Å². The molecule has 1 saturated carbocycles. The van der Waals surface area contributed by atoms with Gasteiger partial charge in [-0.15, -0.1) is 0 Å². The van der Waals surface area contributed by atoms with Crippen LogP contribution in [0.4, 0.5) is 0 Å². The zero-order valence-electron chi connectivity index (χ0n) is 9.66. The average Bonchev–Trinajstić information content (AvgIpc) is 2.74. The summed E-state index contributed by atoms with van der Waals surface area (Å²) in [4.78, 5) is 0. The Kier molecular flexibility index (Phi) is 2.18. The van der Waals surface area contributed by atoms with E-state index in [2.05, 4.69) is 23.2 Å². The number of aliphatic hydroxyl groups is 1. The van der Waals surface area contributed by atoms with E-state index in [9.17, 15) is 5.11 Å². The molecule has 1 unspecified atom stereocenters. The molecule has 3 heteroatoms. The molecule has 1 fully saturated rings. The third-order valence-electron chi connectivity index (χ3n) is 4.41. The molecule has 0 saturated heterocycles. The van der Waals surface area contributed by atoms with Gasteiger partial charge in [0.2, 0.25) is 0 Å². The zero-order chi connectivity index (χ0) is 11.2. The lowest BCUT2D eigenvalue weighted by Crippen LogP contribution is -2.42. The Hall–Kier alpha value is -1.09. The molecule has 0 amide bonds. The van der Waals surface area contributed by atoms with Gasteiger partial charge >= 0.3 is 0 Å². The van der Waals surface area contributed by atoms with Crippen LogP contribution in [-0.2, 0) is 6.42 Å². The number of nitrogens with zero attached hydrogens (tertiary/aromatic N) is 1. The van der Waals surface area contributed by atoms with Crippen molar-refractivity contribution in [2.75, 3.05) is 0 Å². The van der Waals surface area contributed by atoms with E-state index < -0.39 is 0 Å². The van der Waals surface area contributed by atoms with E-state index in [1.807, 2.05) is 6.20 Å². The molecule has 1 aromatic rings. The minimum atomic E-state index is -0.180. The second-order valence-electron chi connectivity index (χ2n) is 5.07. The molecule has 2 N–H and O–H groups in total. The standard InChI is InChI=1S/C13H18N2O/c1-2-13-7-9-8-14-15-11(9)6-10(13)4-3-5-12(13)16/h6,8,12,16H,2-5,7H2,1H3,(H,14,15)/t12?,13-/m0/s1. The van der Waals surface area contributed by atoms with Crippen molar-refractivity contribution in [3.8, 4) is 0 Å². The van der Waals surface area contributed by atoms with Crippen LogP contribution in [0.2, 0.25) is 0 Å². The first-order valence-electron chi connectivity index (χ1n) is 6.17. The largest absolute Gasteiger partial charge is 0.392 e. The third kappa shape index (κ3) is 1.21. The van der Waals surface area contributed by atoms with Gasteiger partial charge in [-0.1, -0.05) is 12.5 Å². The van der Waals surface area contributed by atoms with Crippen molar-refractivity contribution in [1.82, 2.24) is 10.2 Å². The molecule has 2 aliphatic rings. The molecule has 3 nitrogen and oxygen atoms in total. The van der Waals surface area contributed by atoms with E-state index in [1.54, 1.807) is 0 Å². The fourth-order valence-corrected chi connectivity index (χ4v) is 3.36. The molecular formula is C13H18N2O.